The molecule has 2 aliphatic heterocycles. The third kappa shape index (κ3) is 2.97. The minimum atomic E-state index is -2.06. The molecule has 0 aromatic heterocycles. The summed E-state index contributed by atoms with van der Waals surface area (Å²) in [5.41, 5.74) is -1.50. The van der Waals surface area contributed by atoms with Crippen LogP contribution in [0.4, 0.5) is 0 Å². The fourth-order valence-corrected chi connectivity index (χ4v) is 8.38. The summed E-state index contributed by atoms with van der Waals surface area (Å²) in [5.74, 6) is 0.194. The zero-order chi connectivity index (χ0) is 22.3. The van der Waals surface area contributed by atoms with Crippen molar-refractivity contribution < 1.29 is 23.8 Å². The molecule has 30 heavy (non-hydrogen) atoms. The third-order valence-electron chi connectivity index (χ3n) is 9.62. The van der Waals surface area contributed by atoms with E-state index in [1.54, 1.807) is 0 Å². The summed E-state index contributed by atoms with van der Waals surface area (Å²) in [6.45, 7) is 18.3. The van der Waals surface area contributed by atoms with E-state index >= 15 is 0 Å². The van der Waals surface area contributed by atoms with Crippen LogP contribution in [0.1, 0.15) is 73.6 Å². The van der Waals surface area contributed by atoms with Gasteiger partial charge >= 0.3 is 0 Å². The molecule has 0 aromatic carbocycles. The average molecular weight is 439 g/mol. The van der Waals surface area contributed by atoms with Gasteiger partial charge in [-0.1, -0.05) is 20.8 Å². The van der Waals surface area contributed by atoms with Gasteiger partial charge in [-0.05, 0) is 64.6 Å². The van der Waals surface area contributed by atoms with E-state index in [0.717, 1.165) is 19.3 Å². The van der Waals surface area contributed by atoms with Gasteiger partial charge in [0.15, 0.2) is 14.6 Å². The van der Waals surface area contributed by atoms with E-state index in [9.17, 15) is 9.90 Å². The number of aliphatic hydroxyl groups is 1. The second-order valence-electron chi connectivity index (χ2n) is 12.6. The van der Waals surface area contributed by atoms with Crippen molar-refractivity contribution in [2.45, 2.75) is 116 Å². The first-order valence-electron chi connectivity index (χ1n) is 11.9. The molecule has 4 aliphatic rings. The maximum absolute atomic E-state index is 13.7. The number of fused-ring (bicyclic) bond motifs is 1. The molecule has 5 nitrogen and oxygen atoms in total. The summed E-state index contributed by atoms with van der Waals surface area (Å²) in [4.78, 5) is 13.7. The number of hydrogen-bond acceptors (Lipinski definition) is 5. The first kappa shape index (κ1) is 22.9. The highest BCUT2D eigenvalue weighted by atomic mass is 28.4. The van der Waals surface area contributed by atoms with Gasteiger partial charge in [0.25, 0.3) is 0 Å². The minimum absolute atomic E-state index is 0.0484. The molecule has 1 spiro atoms. The summed E-state index contributed by atoms with van der Waals surface area (Å²) < 4.78 is 19.8. The van der Waals surface area contributed by atoms with Crippen LogP contribution in [0.3, 0.4) is 0 Å². The number of ether oxygens (including phenoxy) is 2. The Kier molecular flexibility index (Phi) is 5.24. The Morgan fingerprint density at radius 1 is 1.17 bits per heavy atom. The van der Waals surface area contributed by atoms with Gasteiger partial charge in [-0.25, -0.2) is 0 Å². The topological polar surface area (TPSA) is 65.0 Å². The van der Waals surface area contributed by atoms with E-state index in [1.165, 1.54) is 0 Å². The van der Waals surface area contributed by atoms with Crippen molar-refractivity contribution in [3.8, 4) is 0 Å². The lowest BCUT2D eigenvalue weighted by Gasteiger charge is -2.63. The van der Waals surface area contributed by atoms with Crippen LogP contribution in [0.25, 0.3) is 0 Å². The van der Waals surface area contributed by atoms with E-state index in [0.29, 0.717) is 19.4 Å². The lowest BCUT2D eigenvalue weighted by atomic mass is 9.43. The quantitative estimate of drug-likeness (QED) is 0.635. The molecule has 0 bridgehead atoms. The summed E-state index contributed by atoms with van der Waals surface area (Å²) in [6, 6.07) is 0. The van der Waals surface area contributed by atoms with Crippen molar-refractivity contribution in [2.24, 2.45) is 22.7 Å². The molecule has 0 radical (unpaired) electrons. The van der Waals surface area contributed by atoms with Crippen molar-refractivity contribution in [1.82, 2.24) is 0 Å². The third-order valence-corrected chi connectivity index (χ3v) is 14.1. The van der Waals surface area contributed by atoms with E-state index in [4.69, 9.17) is 13.9 Å². The molecule has 7 atom stereocenters. The van der Waals surface area contributed by atoms with Crippen molar-refractivity contribution in [1.29, 1.82) is 0 Å². The van der Waals surface area contributed by atoms with Crippen LogP contribution in [-0.2, 0) is 18.7 Å². The zero-order valence-corrected chi connectivity index (χ0v) is 21.2. The van der Waals surface area contributed by atoms with Gasteiger partial charge in [0.05, 0.1) is 17.1 Å². The SMILES string of the molecule is CC1(C)O[C@@H]2OCCC[C@]23[C@H]1CC(=O)[C@]1(C)[C@@H](O)CC[C@@H](O[Si](C)(C)C(C)(C)C)[C@@H]13. The average Bonchev–Trinajstić information content (AvgIpc) is 2.84. The summed E-state index contributed by atoms with van der Waals surface area (Å²) in [6.07, 6.45) is 2.82. The van der Waals surface area contributed by atoms with Crippen LogP contribution in [0.2, 0.25) is 18.1 Å². The molecule has 0 amide bonds. The molecule has 2 heterocycles. The molecule has 172 valence electrons. The van der Waals surface area contributed by atoms with Gasteiger partial charge in [-0.3, -0.25) is 4.79 Å². The highest BCUT2D eigenvalue weighted by Gasteiger charge is 2.74. The summed E-state index contributed by atoms with van der Waals surface area (Å²) in [5, 5.41) is 11.3. The molecule has 4 rings (SSSR count). The van der Waals surface area contributed by atoms with Crippen LogP contribution >= 0.6 is 0 Å². The largest absolute Gasteiger partial charge is 0.414 e. The van der Waals surface area contributed by atoms with Crippen LogP contribution in [0.5, 0.6) is 0 Å². The lowest BCUT2D eigenvalue weighted by Crippen LogP contribution is -2.69. The van der Waals surface area contributed by atoms with Gasteiger partial charge in [0.2, 0.25) is 0 Å². The number of ketones is 1. The Hall–Kier alpha value is -0.273. The molecule has 2 aliphatic carbocycles. The Bertz CT molecular complexity index is 713. The van der Waals surface area contributed by atoms with Gasteiger partial charge in [0, 0.05) is 36.4 Å². The Morgan fingerprint density at radius 3 is 2.47 bits per heavy atom. The standard InChI is InChI=1S/C24H42O5Si/c1-21(2,3)30(7,8)29-15-10-11-17(25)23(6)18(26)14-16-22(4,5)28-20-24(16,19(15)23)12-9-13-27-20/h15-17,19-20,25H,9-14H2,1-8H3/t15-,16+,17+,19+,20+,23+,24-/m1/s1. The predicted molar refractivity (Wildman–Crippen MR) is 119 cm³/mol. The number of carbonyl (C=O) groups excluding carboxylic acids is 1. The Labute approximate surface area is 183 Å². The fraction of sp³-hybridized carbons (Fsp3) is 0.958. The van der Waals surface area contributed by atoms with Crippen LogP contribution < -0.4 is 0 Å². The number of Topliss-reactive ketones (excluding diaryl/α,β-unsaturated/α-hetero) is 1. The predicted octanol–water partition coefficient (Wildman–Crippen LogP) is 4.67. The van der Waals surface area contributed by atoms with Crippen molar-refractivity contribution in [2.75, 3.05) is 6.61 Å². The number of aliphatic hydroxyl groups excluding tert-OH is 1. The first-order chi connectivity index (χ1) is 13.7. The Balaban J connectivity index is 1.85. The summed E-state index contributed by atoms with van der Waals surface area (Å²) in [7, 11) is -2.06. The minimum Gasteiger partial charge on any atom is -0.414 e. The van der Waals surface area contributed by atoms with Crippen molar-refractivity contribution in [3.63, 3.8) is 0 Å². The molecule has 0 aromatic rings. The van der Waals surface area contributed by atoms with Crippen molar-refractivity contribution in [3.05, 3.63) is 0 Å². The van der Waals surface area contributed by atoms with Gasteiger partial charge in [-0.2, -0.15) is 0 Å². The Morgan fingerprint density at radius 2 is 1.83 bits per heavy atom. The molecule has 4 fully saturated rings. The highest BCUT2D eigenvalue weighted by molar-refractivity contribution is 6.74. The van der Waals surface area contributed by atoms with Gasteiger partial charge in [-0.15, -0.1) is 0 Å². The zero-order valence-electron chi connectivity index (χ0n) is 20.2. The lowest BCUT2D eigenvalue weighted by molar-refractivity contribution is -0.258. The van der Waals surface area contributed by atoms with E-state index in [1.807, 2.05) is 6.92 Å². The number of carbonyl (C=O) groups is 1. The molecule has 6 heteroatoms. The van der Waals surface area contributed by atoms with Crippen molar-refractivity contribution >= 4 is 14.1 Å². The molecule has 2 saturated heterocycles. The number of hydrogen-bond donors (Lipinski definition) is 1. The maximum atomic E-state index is 13.7. The first-order valence-corrected chi connectivity index (χ1v) is 14.8. The monoisotopic (exact) mass is 438 g/mol. The fourth-order valence-electron chi connectivity index (χ4n) is 7.02. The van der Waals surface area contributed by atoms with E-state index in [2.05, 4.69) is 47.7 Å². The van der Waals surface area contributed by atoms with Crippen LogP contribution in [0, 0.1) is 22.7 Å². The normalized spacial score (nSPS) is 46.2. The van der Waals surface area contributed by atoms with Crippen LogP contribution in [-0.4, -0.2) is 49.9 Å². The molecule has 1 N–H and O–H groups in total. The second kappa shape index (κ2) is 6.86. The molecular weight excluding hydrogens is 396 g/mol. The highest BCUT2D eigenvalue weighted by Crippen LogP contribution is 2.69. The second-order valence-corrected chi connectivity index (χ2v) is 17.3. The van der Waals surface area contributed by atoms with Crippen LogP contribution in [0.15, 0.2) is 0 Å². The van der Waals surface area contributed by atoms with Gasteiger partial charge < -0.3 is 19.0 Å². The van der Waals surface area contributed by atoms with Gasteiger partial charge in [0.1, 0.15) is 5.78 Å². The number of rotatable bonds is 2. The van der Waals surface area contributed by atoms with E-state index < -0.39 is 25.4 Å². The molecular formula is C24H42O5Si. The summed E-state index contributed by atoms with van der Waals surface area (Å²) >= 11 is 0. The van der Waals surface area contributed by atoms with E-state index in [-0.39, 0.29) is 40.5 Å². The molecule has 0 unspecified atom stereocenters. The smallest absolute Gasteiger partial charge is 0.192 e. The molecule has 2 saturated carbocycles. The maximum Gasteiger partial charge on any atom is 0.192 e.